The highest BCUT2D eigenvalue weighted by Gasteiger charge is 2.33. The molecule has 0 aromatic heterocycles. The smallest absolute Gasteiger partial charge is 0.404 e. The summed E-state index contributed by atoms with van der Waals surface area (Å²) in [7, 11) is 0. The van der Waals surface area contributed by atoms with E-state index in [2.05, 4.69) is 4.74 Å². The van der Waals surface area contributed by atoms with E-state index in [0.29, 0.717) is 13.1 Å². The van der Waals surface area contributed by atoms with Crippen molar-refractivity contribution in [3.05, 3.63) is 23.0 Å². The third-order valence-corrected chi connectivity index (χ3v) is 3.22. The summed E-state index contributed by atoms with van der Waals surface area (Å²) < 4.78 is 54.2. The van der Waals surface area contributed by atoms with Crippen molar-refractivity contribution in [3.8, 4) is 5.75 Å². The fourth-order valence-electron chi connectivity index (χ4n) is 2.10. The molecule has 1 saturated heterocycles. The van der Waals surface area contributed by atoms with Crippen LogP contribution in [0, 0.1) is 5.82 Å². The van der Waals surface area contributed by atoms with Crippen LogP contribution in [0.4, 0.5) is 23.2 Å². The molecule has 1 aromatic carbocycles. The molecule has 0 spiro atoms. The number of nitrogens with zero attached hydrogens (tertiary/aromatic N) is 1. The normalized spacial score (nSPS) is 16.6. The molecule has 0 unspecified atom stereocenters. The minimum atomic E-state index is -4.85. The number of benzene rings is 1. The lowest BCUT2D eigenvalue weighted by molar-refractivity contribution is -0.274. The molecule has 2 nitrogen and oxygen atoms in total. The van der Waals surface area contributed by atoms with E-state index in [1.54, 1.807) is 4.90 Å². The Balaban J connectivity index is 2.30. The predicted molar refractivity (Wildman–Crippen MR) is 64.2 cm³/mol. The second-order valence-electron chi connectivity index (χ2n) is 4.33. The fourth-order valence-corrected chi connectivity index (χ4v) is 2.29. The highest BCUT2D eigenvalue weighted by molar-refractivity contribution is 6.32. The lowest BCUT2D eigenvalue weighted by atomic mass is 10.1. The van der Waals surface area contributed by atoms with Gasteiger partial charge in [0, 0.05) is 19.2 Å². The molecule has 1 fully saturated rings. The number of alkyl halides is 3. The maximum Gasteiger partial charge on any atom is 0.573 e. The second-order valence-corrected chi connectivity index (χ2v) is 4.74. The zero-order valence-corrected chi connectivity index (χ0v) is 10.7. The maximum absolute atomic E-state index is 13.8. The molecule has 0 bridgehead atoms. The van der Waals surface area contributed by atoms with Crippen LogP contribution >= 0.6 is 11.6 Å². The summed E-state index contributed by atoms with van der Waals surface area (Å²) in [5.74, 6) is -1.21. The van der Waals surface area contributed by atoms with Crippen molar-refractivity contribution < 1.29 is 22.3 Å². The van der Waals surface area contributed by atoms with Gasteiger partial charge in [-0.25, -0.2) is 4.39 Å². The van der Waals surface area contributed by atoms with Gasteiger partial charge in [0.05, 0.1) is 10.7 Å². The van der Waals surface area contributed by atoms with Gasteiger partial charge in [0.15, 0.2) is 0 Å². The van der Waals surface area contributed by atoms with Gasteiger partial charge in [-0.05, 0) is 25.3 Å². The van der Waals surface area contributed by atoms with E-state index >= 15 is 0 Å². The van der Waals surface area contributed by atoms with Crippen LogP contribution in [0.15, 0.2) is 12.1 Å². The average molecular weight is 298 g/mol. The molecule has 0 atom stereocenters. The molecule has 0 saturated carbocycles. The summed E-state index contributed by atoms with van der Waals surface area (Å²) in [6, 6.07) is 1.86. The van der Waals surface area contributed by atoms with Crippen molar-refractivity contribution in [2.45, 2.75) is 25.6 Å². The van der Waals surface area contributed by atoms with E-state index in [1.807, 2.05) is 0 Å². The Morgan fingerprint density at radius 2 is 1.74 bits per heavy atom. The lowest BCUT2D eigenvalue weighted by Gasteiger charge is -2.29. The van der Waals surface area contributed by atoms with Gasteiger partial charge in [0.2, 0.25) is 0 Å². The molecule has 0 N–H and O–H groups in total. The van der Waals surface area contributed by atoms with Gasteiger partial charge in [0.25, 0.3) is 0 Å². The Labute approximate surface area is 112 Å². The largest absolute Gasteiger partial charge is 0.573 e. The molecule has 1 heterocycles. The Hall–Kier alpha value is -1.17. The van der Waals surface area contributed by atoms with Crippen LogP contribution in [0.2, 0.25) is 5.02 Å². The molecule has 0 amide bonds. The maximum atomic E-state index is 13.8. The van der Waals surface area contributed by atoms with Gasteiger partial charge in [0.1, 0.15) is 11.6 Å². The number of piperidine rings is 1. The first-order chi connectivity index (χ1) is 8.87. The van der Waals surface area contributed by atoms with Crippen molar-refractivity contribution in [3.63, 3.8) is 0 Å². The van der Waals surface area contributed by atoms with Gasteiger partial charge < -0.3 is 9.64 Å². The molecule has 2 rings (SSSR count). The standard InChI is InChI=1S/C12H12ClF4NO/c13-8-6-9(14)10(18-4-2-1-3-5-18)7-11(8)19-12(15,16)17/h6-7H,1-5H2. The van der Waals surface area contributed by atoms with E-state index in [1.165, 1.54) is 0 Å². The first-order valence-electron chi connectivity index (χ1n) is 5.86. The number of ether oxygens (including phenoxy) is 1. The lowest BCUT2D eigenvalue weighted by Crippen LogP contribution is -2.30. The zero-order chi connectivity index (χ0) is 14.0. The summed E-state index contributed by atoms with van der Waals surface area (Å²) >= 11 is 5.56. The number of hydrogen-bond donors (Lipinski definition) is 0. The van der Waals surface area contributed by atoms with E-state index < -0.39 is 23.0 Å². The molecule has 1 aliphatic rings. The molecular weight excluding hydrogens is 286 g/mol. The van der Waals surface area contributed by atoms with Crippen molar-refractivity contribution in [2.24, 2.45) is 0 Å². The minimum Gasteiger partial charge on any atom is -0.404 e. The quantitative estimate of drug-likeness (QED) is 0.752. The van der Waals surface area contributed by atoms with Crippen LogP contribution in [0.5, 0.6) is 5.75 Å². The first-order valence-corrected chi connectivity index (χ1v) is 6.24. The minimum absolute atomic E-state index is 0.100. The van der Waals surface area contributed by atoms with Crippen LogP contribution in [0.25, 0.3) is 0 Å². The van der Waals surface area contributed by atoms with Crippen molar-refractivity contribution >= 4 is 17.3 Å². The molecular formula is C12H12ClF4NO. The Bertz CT molecular complexity index is 458. The average Bonchev–Trinajstić information content (AvgIpc) is 2.32. The molecule has 19 heavy (non-hydrogen) atoms. The monoisotopic (exact) mass is 297 g/mol. The molecule has 0 radical (unpaired) electrons. The van der Waals surface area contributed by atoms with E-state index in [4.69, 9.17) is 11.6 Å². The van der Waals surface area contributed by atoms with Crippen molar-refractivity contribution in [1.82, 2.24) is 0 Å². The summed E-state index contributed by atoms with van der Waals surface area (Å²) in [5, 5.41) is -0.393. The first kappa shape index (κ1) is 14.2. The number of rotatable bonds is 2. The van der Waals surface area contributed by atoms with Gasteiger partial charge >= 0.3 is 6.36 Å². The van der Waals surface area contributed by atoms with Crippen LogP contribution in [-0.4, -0.2) is 19.5 Å². The molecule has 106 valence electrons. The molecule has 7 heteroatoms. The zero-order valence-electron chi connectivity index (χ0n) is 9.94. The SMILES string of the molecule is Fc1cc(Cl)c(OC(F)(F)F)cc1N1CCCCC1. The number of anilines is 1. The highest BCUT2D eigenvalue weighted by atomic mass is 35.5. The molecule has 1 aromatic rings. The van der Waals surface area contributed by atoms with Crippen LogP contribution < -0.4 is 9.64 Å². The van der Waals surface area contributed by atoms with E-state index in [0.717, 1.165) is 31.4 Å². The summed E-state index contributed by atoms with van der Waals surface area (Å²) in [5.41, 5.74) is 0.100. The predicted octanol–water partition coefficient (Wildman–Crippen LogP) is 4.37. The van der Waals surface area contributed by atoms with Gasteiger partial charge in [-0.3, -0.25) is 0 Å². The third kappa shape index (κ3) is 3.65. The van der Waals surface area contributed by atoms with Crippen molar-refractivity contribution in [2.75, 3.05) is 18.0 Å². The molecule has 1 aliphatic heterocycles. The van der Waals surface area contributed by atoms with E-state index in [9.17, 15) is 17.6 Å². The summed E-state index contributed by atoms with van der Waals surface area (Å²) in [6.45, 7) is 1.23. The number of hydrogen-bond acceptors (Lipinski definition) is 2. The summed E-state index contributed by atoms with van der Waals surface area (Å²) in [6.07, 6.45) is -2.03. The number of halogens is 5. The van der Waals surface area contributed by atoms with Crippen molar-refractivity contribution in [1.29, 1.82) is 0 Å². The second kappa shape index (κ2) is 5.45. The fraction of sp³-hybridized carbons (Fsp3) is 0.500. The van der Waals surface area contributed by atoms with Gasteiger partial charge in [-0.1, -0.05) is 11.6 Å². The van der Waals surface area contributed by atoms with Gasteiger partial charge in [-0.2, -0.15) is 0 Å². The molecule has 0 aliphatic carbocycles. The third-order valence-electron chi connectivity index (χ3n) is 2.92. The van der Waals surface area contributed by atoms with E-state index in [-0.39, 0.29) is 5.69 Å². The topological polar surface area (TPSA) is 12.5 Å². The van der Waals surface area contributed by atoms with Gasteiger partial charge in [-0.15, -0.1) is 13.2 Å². The highest BCUT2D eigenvalue weighted by Crippen LogP contribution is 2.36. The van der Waals surface area contributed by atoms with Crippen LogP contribution in [0.1, 0.15) is 19.3 Å². The Morgan fingerprint density at radius 3 is 2.32 bits per heavy atom. The Kier molecular flexibility index (Phi) is 4.08. The summed E-state index contributed by atoms with van der Waals surface area (Å²) in [4.78, 5) is 1.71. The van der Waals surface area contributed by atoms with Crippen LogP contribution in [-0.2, 0) is 0 Å². The van der Waals surface area contributed by atoms with Crippen LogP contribution in [0.3, 0.4) is 0 Å². The Morgan fingerprint density at radius 1 is 1.11 bits per heavy atom.